The summed E-state index contributed by atoms with van der Waals surface area (Å²) in [6.45, 7) is 0. The Balaban J connectivity index is 2.20. The zero-order valence-corrected chi connectivity index (χ0v) is 11.1. The van der Waals surface area contributed by atoms with Crippen LogP contribution in [0.3, 0.4) is 0 Å². The van der Waals surface area contributed by atoms with E-state index in [2.05, 4.69) is 0 Å². The lowest BCUT2D eigenvalue weighted by Gasteiger charge is -2.07. The number of hydrogen-bond donors (Lipinski definition) is 0. The lowest BCUT2D eigenvalue weighted by atomic mass is 10.1. The second kappa shape index (κ2) is 5.50. The Labute approximate surface area is 113 Å². The minimum atomic E-state index is -0.811. The predicted octanol–water partition coefficient (Wildman–Crippen LogP) is 4.06. The van der Waals surface area contributed by atoms with Crippen LogP contribution in [0.15, 0.2) is 35.7 Å². The number of ether oxygens (including phenoxy) is 1. The summed E-state index contributed by atoms with van der Waals surface area (Å²) < 4.78 is 17.8. The molecule has 0 aliphatic rings. The molecule has 0 N–H and O–H groups in total. The molecule has 0 fully saturated rings. The number of alkyl halides is 1. The fourth-order valence-electron chi connectivity index (χ4n) is 1.46. The summed E-state index contributed by atoms with van der Waals surface area (Å²) in [7, 11) is 1.54. The van der Waals surface area contributed by atoms with Gasteiger partial charge in [-0.1, -0.05) is 12.1 Å². The van der Waals surface area contributed by atoms with Crippen LogP contribution in [0, 0.1) is 5.82 Å². The lowest BCUT2D eigenvalue weighted by Crippen LogP contribution is -2.05. The summed E-state index contributed by atoms with van der Waals surface area (Å²) in [5.41, 5.74) is 0.579. The minimum Gasteiger partial charge on any atom is -0.496 e. The van der Waals surface area contributed by atoms with E-state index < -0.39 is 5.38 Å². The van der Waals surface area contributed by atoms with Gasteiger partial charge in [-0.15, -0.1) is 22.9 Å². The van der Waals surface area contributed by atoms with Crippen molar-refractivity contribution in [2.75, 3.05) is 7.11 Å². The van der Waals surface area contributed by atoms with Crippen LogP contribution in [-0.2, 0) is 0 Å². The van der Waals surface area contributed by atoms with Gasteiger partial charge in [-0.25, -0.2) is 4.39 Å². The van der Waals surface area contributed by atoms with Crippen molar-refractivity contribution in [1.29, 1.82) is 0 Å². The summed E-state index contributed by atoms with van der Waals surface area (Å²) in [6.07, 6.45) is 0. The Bertz CT molecular complexity index is 550. The van der Waals surface area contributed by atoms with Gasteiger partial charge in [-0.2, -0.15) is 0 Å². The average Bonchev–Trinajstić information content (AvgIpc) is 2.86. The smallest absolute Gasteiger partial charge is 0.195 e. The van der Waals surface area contributed by atoms with E-state index in [1.54, 1.807) is 11.4 Å². The Morgan fingerprint density at radius 1 is 1.39 bits per heavy atom. The van der Waals surface area contributed by atoms with Gasteiger partial charge in [-0.05, 0) is 17.7 Å². The highest BCUT2D eigenvalue weighted by Gasteiger charge is 2.21. The molecule has 0 spiro atoms. The van der Waals surface area contributed by atoms with Crippen molar-refractivity contribution in [2.45, 2.75) is 5.38 Å². The highest BCUT2D eigenvalue weighted by Crippen LogP contribution is 2.30. The molecule has 18 heavy (non-hydrogen) atoms. The number of ketones is 1. The molecule has 0 aliphatic heterocycles. The molecule has 0 amide bonds. The van der Waals surface area contributed by atoms with Crippen molar-refractivity contribution in [2.24, 2.45) is 0 Å². The molecule has 0 aliphatic carbocycles. The highest BCUT2D eigenvalue weighted by atomic mass is 35.5. The second-order valence-corrected chi connectivity index (χ2v) is 4.98. The number of rotatable bonds is 4. The SMILES string of the molecule is COc1csc(C(=O)C(Cl)c2ccc(F)cc2)c1. The van der Waals surface area contributed by atoms with Gasteiger partial charge in [-0.3, -0.25) is 4.79 Å². The topological polar surface area (TPSA) is 26.3 Å². The van der Waals surface area contributed by atoms with Gasteiger partial charge in [0, 0.05) is 11.4 Å². The van der Waals surface area contributed by atoms with Crippen molar-refractivity contribution in [3.8, 4) is 5.75 Å². The van der Waals surface area contributed by atoms with Crippen LogP contribution in [0.25, 0.3) is 0 Å². The fraction of sp³-hybridized carbons (Fsp3) is 0.154. The Hall–Kier alpha value is -1.39. The number of thiophene rings is 1. The molecule has 0 saturated heterocycles. The number of hydrogen-bond acceptors (Lipinski definition) is 3. The maximum atomic E-state index is 12.8. The first-order valence-corrected chi connectivity index (χ1v) is 6.49. The molecule has 2 rings (SSSR count). The van der Waals surface area contributed by atoms with E-state index in [0.29, 0.717) is 16.2 Å². The normalized spacial score (nSPS) is 12.2. The van der Waals surface area contributed by atoms with E-state index in [0.717, 1.165) is 0 Å². The largest absolute Gasteiger partial charge is 0.496 e. The number of carbonyl (C=O) groups is 1. The molecule has 0 bridgehead atoms. The van der Waals surface area contributed by atoms with Gasteiger partial charge < -0.3 is 4.74 Å². The number of carbonyl (C=O) groups excluding carboxylic acids is 1. The molecular weight excluding hydrogens is 275 g/mol. The monoisotopic (exact) mass is 284 g/mol. The van der Waals surface area contributed by atoms with Crippen molar-refractivity contribution in [1.82, 2.24) is 0 Å². The quantitative estimate of drug-likeness (QED) is 0.625. The predicted molar refractivity (Wildman–Crippen MR) is 70.2 cm³/mol. The second-order valence-electron chi connectivity index (χ2n) is 3.63. The van der Waals surface area contributed by atoms with Gasteiger partial charge in [0.25, 0.3) is 0 Å². The van der Waals surface area contributed by atoms with Crippen LogP contribution in [0.2, 0.25) is 0 Å². The molecule has 1 aromatic heterocycles. The number of Topliss-reactive ketones (excluding diaryl/α,β-unsaturated/α-hetero) is 1. The Morgan fingerprint density at radius 2 is 2.06 bits per heavy atom. The van der Waals surface area contributed by atoms with Crippen LogP contribution in [-0.4, -0.2) is 12.9 Å². The zero-order chi connectivity index (χ0) is 13.1. The van der Waals surface area contributed by atoms with E-state index >= 15 is 0 Å². The molecule has 1 aromatic carbocycles. The standard InChI is InChI=1S/C13H10ClFO2S/c1-17-10-6-11(18-7-10)13(16)12(14)8-2-4-9(15)5-3-8/h2-7,12H,1H3. The molecule has 94 valence electrons. The maximum absolute atomic E-state index is 12.8. The van der Waals surface area contributed by atoms with Crippen molar-refractivity contribution >= 4 is 28.7 Å². The van der Waals surface area contributed by atoms with Crippen LogP contribution in [0.5, 0.6) is 5.75 Å². The van der Waals surface area contributed by atoms with Crippen molar-refractivity contribution < 1.29 is 13.9 Å². The third-order valence-electron chi connectivity index (χ3n) is 2.45. The molecular formula is C13H10ClFO2S. The van der Waals surface area contributed by atoms with Crippen LogP contribution in [0.4, 0.5) is 4.39 Å². The van der Waals surface area contributed by atoms with Crippen LogP contribution >= 0.6 is 22.9 Å². The van der Waals surface area contributed by atoms with Crippen molar-refractivity contribution in [3.05, 3.63) is 52.0 Å². The van der Waals surface area contributed by atoms with Gasteiger partial charge >= 0.3 is 0 Å². The third-order valence-corrected chi connectivity index (χ3v) is 3.82. The number of methoxy groups -OCH3 is 1. The third kappa shape index (κ3) is 2.71. The molecule has 2 aromatic rings. The number of benzene rings is 1. The minimum absolute atomic E-state index is 0.212. The molecule has 1 atom stereocenters. The molecule has 2 nitrogen and oxygen atoms in total. The first-order chi connectivity index (χ1) is 8.61. The Kier molecular flexibility index (Phi) is 3.99. The molecule has 1 heterocycles. The highest BCUT2D eigenvalue weighted by molar-refractivity contribution is 7.12. The van der Waals surface area contributed by atoms with Gasteiger partial charge in [0.05, 0.1) is 12.0 Å². The summed E-state index contributed by atoms with van der Waals surface area (Å²) in [4.78, 5) is 12.6. The van der Waals surface area contributed by atoms with Gasteiger partial charge in [0.2, 0.25) is 0 Å². The average molecular weight is 285 g/mol. The maximum Gasteiger partial charge on any atom is 0.195 e. The first kappa shape index (κ1) is 13.1. The summed E-state index contributed by atoms with van der Waals surface area (Å²) in [5.74, 6) is 0.0655. The van der Waals surface area contributed by atoms with E-state index in [9.17, 15) is 9.18 Å². The van der Waals surface area contributed by atoms with Crippen LogP contribution in [0.1, 0.15) is 20.6 Å². The zero-order valence-electron chi connectivity index (χ0n) is 9.52. The summed E-state index contributed by atoms with van der Waals surface area (Å²) in [6, 6.07) is 7.23. The number of halogens is 2. The summed E-state index contributed by atoms with van der Waals surface area (Å²) >= 11 is 7.37. The van der Waals surface area contributed by atoms with Gasteiger partial charge in [0.1, 0.15) is 16.9 Å². The van der Waals surface area contributed by atoms with E-state index in [1.807, 2.05) is 0 Å². The lowest BCUT2D eigenvalue weighted by molar-refractivity contribution is 0.0990. The molecule has 0 saturated carbocycles. The van der Waals surface area contributed by atoms with Crippen LogP contribution < -0.4 is 4.74 Å². The van der Waals surface area contributed by atoms with E-state index in [-0.39, 0.29) is 11.6 Å². The Morgan fingerprint density at radius 3 is 2.61 bits per heavy atom. The van der Waals surface area contributed by atoms with E-state index in [1.165, 1.54) is 42.7 Å². The molecule has 5 heteroatoms. The summed E-state index contributed by atoms with van der Waals surface area (Å²) in [5, 5.41) is 0.926. The molecule has 0 radical (unpaired) electrons. The van der Waals surface area contributed by atoms with E-state index in [4.69, 9.17) is 16.3 Å². The molecule has 1 unspecified atom stereocenters. The first-order valence-electron chi connectivity index (χ1n) is 5.18. The fourth-order valence-corrected chi connectivity index (χ4v) is 2.62. The van der Waals surface area contributed by atoms with Crippen molar-refractivity contribution in [3.63, 3.8) is 0 Å². The van der Waals surface area contributed by atoms with Gasteiger partial charge in [0.15, 0.2) is 5.78 Å².